The molecular weight excluding hydrogens is 308 g/mol. The van der Waals surface area contributed by atoms with Crippen LogP contribution in [0.3, 0.4) is 0 Å². The molecule has 3 aromatic rings. The number of methoxy groups -OCH3 is 2. The summed E-state index contributed by atoms with van der Waals surface area (Å²) in [4.78, 5) is 4.40. The zero-order chi connectivity index (χ0) is 16.9. The van der Waals surface area contributed by atoms with E-state index in [4.69, 9.17) is 18.7 Å². The topological polar surface area (TPSA) is 66.6 Å². The molecule has 0 aliphatic heterocycles. The van der Waals surface area contributed by atoms with Gasteiger partial charge in [0.25, 0.3) is 5.89 Å². The molecule has 1 atom stereocenters. The molecule has 0 aliphatic rings. The van der Waals surface area contributed by atoms with Gasteiger partial charge in [0.1, 0.15) is 17.2 Å². The lowest BCUT2D eigenvalue weighted by molar-refractivity contribution is 0.175. The minimum Gasteiger partial charge on any atom is -0.497 e. The normalized spacial score (nSPS) is 11.8. The summed E-state index contributed by atoms with van der Waals surface area (Å²) in [7, 11) is 3.25. The lowest BCUT2D eigenvalue weighted by atomic mass is 10.2. The lowest BCUT2D eigenvalue weighted by Gasteiger charge is -2.10. The van der Waals surface area contributed by atoms with Crippen LogP contribution in [0.2, 0.25) is 0 Å². The molecule has 0 bridgehead atoms. The van der Waals surface area contributed by atoms with E-state index in [0.29, 0.717) is 17.5 Å². The molecule has 0 amide bonds. The van der Waals surface area contributed by atoms with Crippen molar-refractivity contribution in [3.63, 3.8) is 0 Å². The van der Waals surface area contributed by atoms with Gasteiger partial charge in [-0.05, 0) is 55.5 Å². The predicted molar refractivity (Wildman–Crippen MR) is 88.3 cm³/mol. The second kappa shape index (κ2) is 7.04. The van der Waals surface area contributed by atoms with Gasteiger partial charge in [-0.15, -0.1) is 0 Å². The van der Waals surface area contributed by atoms with Crippen LogP contribution in [0.15, 0.2) is 53.1 Å². The van der Waals surface area contributed by atoms with E-state index >= 15 is 0 Å². The number of hydrogen-bond donors (Lipinski definition) is 0. The molecule has 0 spiro atoms. The summed E-state index contributed by atoms with van der Waals surface area (Å²) >= 11 is 0. The van der Waals surface area contributed by atoms with Gasteiger partial charge < -0.3 is 18.7 Å². The SMILES string of the molecule is COc1ccc(O[C@@H](C)c2nc(-c3ccc(OC)cc3)no2)cc1. The Morgan fingerprint density at radius 3 is 1.96 bits per heavy atom. The van der Waals surface area contributed by atoms with Crippen molar-refractivity contribution in [3.05, 3.63) is 54.4 Å². The Morgan fingerprint density at radius 1 is 0.833 bits per heavy atom. The first-order valence-corrected chi connectivity index (χ1v) is 7.48. The molecule has 2 aromatic carbocycles. The number of nitrogens with zero attached hydrogens (tertiary/aromatic N) is 2. The minimum absolute atomic E-state index is 0.363. The average Bonchev–Trinajstić information content (AvgIpc) is 3.13. The molecule has 0 N–H and O–H groups in total. The standard InChI is InChI=1S/C18H18N2O4/c1-12(23-16-10-8-15(22-3)9-11-16)18-19-17(20-24-18)13-4-6-14(21-2)7-5-13/h4-12H,1-3H3/t12-/m0/s1. The van der Waals surface area contributed by atoms with Crippen LogP contribution in [0.4, 0.5) is 0 Å². The number of rotatable bonds is 6. The molecule has 124 valence electrons. The number of benzene rings is 2. The third-order valence-electron chi connectivity index (χ3n) is 3.51. The Bertz CT molecular complexity index is 782. The van der Waals surface area contributed by atoms with Gasteiger partial charge in [0.2, 0.25) is 5.82 Å². The highest BCUT2D eigenvalue weighted by Gasteiger charge is 2.17. The summed E-state index contributed by atoms with van der Waals surface area (Å²) in [5, 5.41) is 4.01. The lowest BCUT2D eigenvalue weighted by Crippen LogP contribution is -2.03. The van der Waals surface area contributed by atoms with Gasteiger partial charge in [-0.2, -0.15) is 4.98 Å². The van der Waals surface area contributed by atoms with Gasteiger partial charge in [-0.1, -0.05) is 5.16 Å². The predicted octanol–water partition coefficient (Wildman–Crippen LogP) is 3.89. The zero-order valence-electron chi connectivity index (χ0n) is 13.7. The second-order valence-electron chi connectivity index (χ2n) is 5.12. The van der Waals surface area contributed by atoms with E-state index in [1.807, 2.05) is 55.5 Å². The van der Waals surface area contributed by atoms with E-state index in [1.54, 1.807) is 14.2 Å². The van der Waals surface area contributed by atoms with Gasteiger partial charge >= 0.3 is 0 Å². The zero-order valence-corrected chi connectivity index (χ0v) is 13.7. The van der Waals surface area contributed by atoms with Gasteiger partial charge in [0.05, 0.1) is 14.2 Å². The molecule has 1 aromatic heterocycles. The summed E-state index contributed by atoms with van der Waals surface area (Å²) in [5.41, 5.74) is 0.849. The molecule has 0 aliphatic carbocycles. The van der Waals surface area contributed by atoms with Crippen LogP contribution < -0.4 is 14.2 Å². The van der Waals surface area contributed by atoms with E-state index < -0.39 is 0 Å². The molecule has 0 fully saturated rings. The summed E-state index contributed by atoms with van der Waals surface area (Å²) < 4.78 is 21.4. The molecule has 0 unspecified atom stereocenters. The molecule has 3 rings (SSSR count). The first kappa shape index (κ1) is 15.9. The van der Waals surface area contributed by atoms with Crippen LogP contribution in [0, 0.1) is 0 Å². The van der Waals surface area contributed by atoms with Crippen molar-refractivity contribution < 1.29 is 18.7 Å². The molecule has 1 heterocycles. The van der Waals surface area contributed by atoms with Crippen molar-refractivity contribution in [1.82, 2.24) is 10.1 Å². The summed E-state index contributed by atoms with van der Waals surface area (Å²) in [6, 6.07) is 14.8. The Kier molecular flexibility index (Phi) is 4.65. The maximum Gasteiger partial charge on any atom is 0.267 e. The van der Waals surface area contributed by atoms with Crippen molar-refractivity contribution in [3.8, 4) is 28.6 Å². The van der Waals surface area contributed by atoms with E-state index in [-0.39, 0.29) is 6.10 Å². The van der Waals surface area contributed by atoms with Crippen LogP contribution >= 0.6 is 0 Å². The van der Waals surface area contributed by atoms with E-state index in [0.717, 1.165) is 17.1 Å². The largest absolute Gasteiger partial charge is 0.497 e. The Balaban J connectivity index is 1.71. The summed E-state index contributed by atoms with van der Waals surface area (Å²) in [6.07, 6.45) is -0.363. The first-order valence-electron chi connectivity index (χ1n) is 7.48. The van der Waals surface area contributed by atoms with Crippen LogP contribution in [0.25, 0.3) is 11.4 Å². The quantitative estimate of drug-likeness (QED) is 0.684. The number of aromatic nitrogens is 2. The average molecular weight is 326 g/mol. The van der Waals surface area contributed by atoms with E-state index in [9.17, 15) is 0 Å². The number of ether oxygens (including phenoxy) is 3. The third-order valence-corrected chi connectivity index (χ3v) is 3.51. The number of hydrogen-bond acceptors (Lipinski definition) is 6. The molecule has 6 heteroatoms. The van der Waals surface area contributed by atoms with Crippen molar-refractivity contribution in [2.75, 3.05) is 14.2 Å². The fourth-order valence-electron chi connectivity index (χ4n) is 2.17. The summed E-state index contributed by atoms with van der Waals surface area (Å²) in [5.74, 6) is 3.18. The van der Waals surface area contributed by atoms with Gasteiger partial charge in [-0.3, -0.25) is 0 Å². The fourth-order valence-corrected chi connectivity index (χ4v) is 2.17. The minimum atomic E-state index is -0.363. The van der Waals surface area contributed by atoms with E-state index in [2.05, 4.69) is 10.1 Å². The van der Waals surface area contributed by atoms with Crippen LogP contribution in [-0.2, 0) is 0 Å². The molecule has 24 heavy (non-hydrogen) atoms. The molecule has 0 radical (unpaired) electrons. The maximum atomic E-state index is 5.81. The van der Waals surface area contributed by atoms with Gasteiger partial charge in [0, 0.05) is 5.56 Å². The smallest absolute Gasteiger partial charge is 0.267 e. The molecule has 0 saturated heterocycles. The van der Waals surface area contributed by atoms with Gasteiger partial charge in [0.15, 0.2) is 6.10 Å². The monoisotopic (exact) mass is 326 g/mol. The van der Waals surface area contributed by atoms with E-state index in [1.165, 1.54) is 0 Å². The molecular formula is C18H18N2O4. The Labute approximate surface area is 140 Å². The highest BCUT2D eigenvalue weighted by molar-refractivity contribution is 5.55. The van der Waals surface area contributed by atoms with Crippen molar-refractivity contribution in [1.29, 1.82) is 0 Å². The van der Waals surface area contributed by atoms with Crippen LogP contribution in [0.1, 0.15) is 18.9 Å². The first-order chi connectivity index (χ1) is 11.7. The second-order valence-corrected chi connectivity index (χ2v) is 5.12. The fraction of sp³-hybridized carbons (Fsp3) is 0.222. The maximum absolute atomic E-state index is 5.81. The molecule has 6 nitrogen and oxygen atoms in total. The summed E-state index contributed by atoms with van der Waals surface area (Å²) in [6.45, 7) is 1.86. The molecule has 0 saturated carbocycles. The van der Waals surface area contributed by atoms with Gasteiger partial charge in [-0.25, -0.2) is 0 Å². The van der Waals surface area contributed by atoms with Crippen LogP contribution in [-0.4, -0.2) is 24.4 Å². The highest BCUT2D eigenvalue weighted by atomic mass is 16.5. The van der Waals surface area contributed by atoms with Crippen molar-refractivity contribution in [2.24, 2.45) is 0 Å². The Hall–Kier alpha value is -3.02. The highest BCUT2D eigenvalue weighted by Crippen LogP contribution is 2.25. The van der Waals surface area contributed by atoms with Crippen molar-refractivity contribution >= 4 is 0 Å². The third kappa shape index (κ3) is 3.48. The van der Waals surface area contributed by atoms with Crippen molar-refractivity contribution in [2.45, 2.75) is 13.0 Å². The van der Waals surface area contributed by atoms with Crippen LogP contribution in [0.5, 0.6) is 17.2 Å². The Morgan fingerprint density at radius 2 is 1.38 bits per heavy atom.